The topological polar surface area (TPSA) is 58.8 Å². The largest absolute Gasteiger partial charge is 0.465 e. The van der Waals surface area contributed by atoms with Gasteiger partial charge in [0.05, 0.1) is 6.61 Å². The number of carbonyl (C=O) groups excluding carboxylic acids is 1. The van der Waals surface area contributed by atoms with E-state index in [1.54, 1.807) is 6.92 Å². The summed E-state index contributed by atoms with van der Waals surface area (Å²) < 4.78 is 5.06. The molecule has 2 N–H and O–H groups in total. The van der Waals surface area contributed by atoms with Gasteiger partial charge in [0, 0.05) is 19.1 Å². The van der Waals surface area contributed by atoms with E-state index < -0.39 is 5.54 Å². The Bertz CT molecular complexity index is 327. The normalized spacial score (nSPS) is 28.2. The van der Waals surface area contributed by atoms with Crippen LogP contribution in [0.1, 0.15) is 39.5 Å². The molecular weight excluding hydrogens is 254 g/mol. The Balaban J connectivity index is 1.81. The zero-order chi connectivity index (χ0) is 14.6. The molecule has 0 saturated carbocycles. The Labute approximate surface area is 122 Å². The number of nitrogens with two attached hydrogens (primary N) is 1. The number of carbonyl (C=O) groups is 1. The van der Waals surface area contributed by atoms with Crippen molar-refractivity contribution in [3.8, 4) is 0 Å². The van der Waals surface area contributed by atoms with Crippen molar-refractivity contribution < 1.29 is 9.53 Å². The zero-order valence-electron chi connectivity index (χ0n) is 12.9. The van der Waals surface area contributed by atoms with Crippen molar-refractivity contribution in [3.63, 3.8) is 0 Å². The lowest BCUT2D eigenvalue weighted by molar-refractivity contribution is -0.149. The number of likely N-dealkylation sites (tertiary alicyclic amines) is 2. The van der Waals surface area contributed by atoms with E-state index in [0.717, 1.165) is 13.1 Å². The van der Waals surface area contributed by atoms with Crippen molar-refractivity contribution in [2.24, 2.45) is 5.73 Å². The van der Waals surface area contributed by atoms with Crippen LogP contribution in [-0.2, 0) is 9.53 Å². The lowest BCUT2D eigenvalue weighted by Gasteiger charge is -2.33. The Morgan fingerprint density at radius 1 is 1.30 bits per heavy atom. The van der Waals surface area contributed by atoms with Crippen molar-refractivity contribution in [2.75, 3.05) is 39.3 Å². The van der Waals surface area contributed by atoms with Gasteiger partial charge >= 0.3 is 5.97 Å². The second-order valence-electron chi connectivity index (χ2n) is 6.41. The number of hydrogen-bond donors (Lipinski definition) is 1. The maximum atomic E-state index is 11.9. The summed E-state index contributed by atoms with van der Waals surface area (Å²) in [7, 11) is 0. The summed E-state index contributed by atoms with van der Waals surface area (Å²) >= 11 is 0. The first kappa shape index (κ1) is 15.7. The fraction of sp³-hybridized carbons (Fsp3) is 0.933. The molecule has 20 heavy (non-hydrogen) atoms. The number of hydrogen-bond acceptors (Lipinski definition) is 5. The highest BCUT2D eigenvalue weighted by Gasteiger charge is 2.36. The van der Waals surface area contributed by atoms with Crippen LogP contribution in [0.15, 0.2) is 0 Å². The molecule has 0 amide bonds. The fourth-order valence-electron chi connectivity index (χ4n) is 3.36. The highest BCUT2D eigenvalue weighted by atomic mass is 16.5. The molecule has 0 aromatic carbocycles. The van der Waals surface area contributed by atoms with Crippen molar-refractivity contribution in [3.05, 3.63) is 0 Å². The average Bonchev–Trinajstić information content (AvgIpc) is 2.88. The second kappa shape index (κ2) is 6.87. The van der Waals surface area contributed by atoms with Crippen LogP contribution in [0.4, 0.5) is 0 Å². The van der Waals surface area contributed by atoms with Crippen LogP contribution in [0.2, 0.25) is 0 Å². The molecule has 2 unspecified atom stereocenters. The van der Waals surface area contributed by atoms with Gasteiger partial charge in [-0.1, -0.05) is 6.42 Å². The van der Waals surface area contributed by atoms with E-state index in [2.05, 4.69) is 9.80 Å². The summed E-state index contributed by atoms with van der Waals surface area (Å²) in [4.78, 5) is 16.8. The Kier molecular flexibility index (Phi) is 5.41. The molecule has 116 valence electrons. The van der Waals surface area contributed by atoms with Gasteiger partial charge in [-0.2, -0.15) is 0 Å². The van der Waals surface area contributed by atoms with E-state index in [4.69, 9.17) is 10.5 Å². The lowest BCUT2D eigenvalue weighted by Crippen LogP contribution is -2.54. The molecule has 2 aliphatic rings. The molecular formula is C15H29N3O2. The molecule has 5 nitrogen and oxygen atoms in total. The van der Waals surface area contributed by atoms with Gasteiger partial charge < -0.3 is 10.5 Å². The van der Waals surface area contributed by atoms with Crippen molar-refractivity contribution in [2.45, 2.75) is 51.1 Å². The summed E-state index contributed by atoms with van der Waals surface area (Å²) in [5.41, 5.74) is 5.22. The maximum absolute atomic E-state index is 11.9. The van der Waals surface area contributed by atoms with Gasteiger partial charge in [0.25, 0.3) is 0 Å². The Morgan fingerprint density at radius 3 is 2.65 bits per heavy atom. The van der Waals surface area contributed by atoms with E-state index in [-0.39, 0.29) is 5.97 Å². The summed E-state index contributed by atoms with van der Waals surface area (Å²) in [6.45, 7) is 9.11. The van der Waals surface area contributed by atoms with E-state index in [1.165, 1.54) is 38.8 Å². The molecule has 2 aliphatic heterocycles. The summed E-state index contributed by atoms with van der Waals surface area (Å²) in [6.07, 6.45) is 5.22. The molecule has 0 radical (unpaired) electrons. The zero-order valence-corrected chi connectivity index (χ0v) is 12.9. The van der Waals surface area contributed by atoms with Crippen LogP contribution >= 0.6 is 0 Å². The van der Waals surface area contributed by atoms with Gasteiger partial charge in [0.1, 0.15) is 5.54 Å². The van der Waals surface area contributed by atoms with Crippen LogP contribution in [0, 0.1) is 0 Å². The van der Waals surface area contributed by atoms with Gasteiger partial charge in [-0.05, 0) is 52.7 Å². The first-order valence-electron chi connectivity index (χ1n) is 7.95. The van der Waals surface area contributed by atoms with Crippen LogP contribution in [0.25, 0.3) is 0 Å². The van der Waals surface area contributed by atoms with Gasteiger partial charge in [-0.25, -0.2) is 0 Å². The van der Waals surface area contributed by atoms with Gasteiger partial charge in [0.2, 0.25) is 0 Å². The molecule has 0 bridgehead atoms. The molecule has 2 fully saturated rings. The van der Waals surface area contributed by atoms with E-state index in [0.29, 0.717) is 19.2 Å². The molecule has 5 heteroatoms. The standard InChI is InChI=1S/C15H29N3O2/c1-3-20-14(19)15(2,16)12-17-10-7-13(11-17)18-8-5-4-6-9-18/h13H,3-12,16H2,1-2H3. The van der Waals surface area contributed by atoms with Crippen molar-refractivity contribution in [1.29, 1.82) is 0 Å². The molecule has 2 rings (SSSR count). The molecule has 2 atom stereocenters. The molecule has 0 aromatic heterocycles. The summed E-state index contributed by atoms with van der Waals surface area (Å²) in [5.74, 6) is -0.290. The average molecular weight is 283 g/mol. The van der Waals surface area contributed by atoms with Gasteiger partial charge in [-0.15, -0.1) is 0 Å². The molecule has 2 heterocycles. The fourth-order valence-corrected chi connectivity index (χ4v) is 3.36. The molecule has 0 spiro atoms. The van der Waals surface area contributed by atoms with Crippen LogP contribution in [0.3, 0.4) is 0 Å². The quantitative estimate of drug-likeness (QED) is 0.757. The lowest BCUT2D eigenvalue weighted by atomic mass is 10.0. The van der Waals surface area contributed by atoms with Gasteiger partial charge in [0.15, 0.2) is 0 Å². The smallest absolute Gasteiger partial charge is 0.327 e. The van der Waals surface area contributed by atoms with E-state index >= 15 is 0 Å². The SMILES string of the molecule is CCOC(=O)C(C)(N)CN1CCC(N2CCCCC2)C1. The Morgan fingerprint density at radius 2 is 2.00 bits per heavy atom. The third kappa shape index (κ3) is 3.93. The Hall–Kier alpha value is -0.650. The first-order valence-corrected chi connectivity index (χ1v) is 7.95. The van der Waals surface area contributed by atoms with E-state index in [1.807, 2.05) is 6.92 Å². The number of rotatable bonds is 5. The minimum absolute atomic E-state index is 0.290. The highest BCUT2D eigenvalue weighted by molar-refractivity contribution is 5.80. The predicted octanol–water partition coefficient (Wildman–Crippen LogP) is 0.827. The van der Waals surface area contributed by atoms with Gasteiger partial charge in [-0.3, -0.25) is 14.6 Å². The minimum atomic E-state index is -0.896. The third-order valence-corrected chi connectivity index (χ3v) is 4.45. The molecule has 0 aliphatic carbocycles. The highest BCUT2D eigenvalue weighted by Crippen LogP contribution is 2.21. The number of piperidine rings is 1. The molecule has 0 aromatic rings. The monoisotopic (exact) mass is 283 g/mol. The van der Waals surface area contributed by atoms with Crippen LogP contribution in [-0.4, -0.2) is 66.7 Å². The van der Waals surface area contributed by atoms with Crippen molar-refractivity contribution in [1.82, 2.24) is 9.80 Å². The predicted molar refractivity (Wildman–Crippen MR) is 79.5 cm³/mol. The first-order chi connectivity index (χ1) is 9.53. The van der Waals surface area contributed by atoms with Crippen LogP contribution in [0.5, 0.6) is 0 Å². The molecule has 2 saturated heterocycles. The number of esters is 1. The second-order valence-corrected chi connectivity index (χ2v) is 6.41. The number of ether oxygens (including phenoxy) is 1. The third-order valence-electron chi connectivity index (χ3n) is 4.45. The van der Waals surface area contributed by atoms with E-state index in [9.17, 15) is 4.79 Å². The summed E-state index contributed by atoms with van der Waals surface area (Å²) in [5, 5.41) is 0. The maximum Gasteiger partial charge on any atom is 0.327 e. The summed E-state index contributed by atoms with van der Waals surface area (Å²) in [6, 6.07) is 0.647. The van der Waals surface area contributed by atoms with Crippen LogP contribution < -0.4 is 5.73 Å². The number of nitrogens with zero attached hydrogens (tertiary/aromatic N) is 2. The minimum Gasteiger partial charge on any atom is -0.465 e. The van der Waals surface area contributed by atoms with Crippen molar-refractivity contribution >= 4 is 5.97 Å².